The Morgan fingerprint density at radius 3 is 2.50 bits per heavy atom. The Morgan fingerprint density at radius 2 is 1.77 bits per heavy atom. The number of nitrogens with zero attached hydrogens (tertiary/aromatic N) is 1. The lowest BCUT2D eigenvalue weighted by atomic mass is 10.2. The normalized spacial score (nSPS) is 11.5. The summed E-state index contributed by atoms with van der Waals surface area (Å²) in [4.78, 5) is 4.28. The van der Waals surface area contributed by atoms with Crippen molar-refractivity contribution in [3.63, 3.8) is 0 Å². The Balaban J connectivity index is 1.95. The number of aromatic nitrogens is 1. The maximum atomic E-state index is 12.3. The monoisotopic (exact) mass is 314 g/mol. The van der Waals surface area contributed by atoms with Crippen molar-refractivity contribution in [2.75, 3.05) is 4.72 Å². The first-order valence-electron chi connectivity index (χ1n) is 6.62. The molecular formula is C16H14N2O3S. The summed E-state index contributed by atoms with van der Waals surface area (Å²) in [6, 6.07) is 13.2. The van der Waals surface area contributed by atoms with Gasteiger partial charge < -0.3 is 5.11 Å². The molecule has 0 aliphatic rings. The van der Waals surface area contributed by atoms with Crippen molar-refractivity contribution in [2.45, 2.75) is 11.8 Å². The van der Waals surface area contributed by atoms with E-state index in [4.69, 9.17) is 0 Å². The van der Waals surface area contributed by atoms with Gasteiger partial charge in [0.25, 0.3) is 10.0 Å². The summed E-state index contributed by atoms with van der Waals surface area (Å²) in [5.74, 6) is 0.0699. The molecule has 0 saturated heterocycles. The molecule has 0 bridgehead atoms. The highest BCUT2D eigenvalue weighted by atomic mass is 32.2. The molecule has 3 aromatic rings. The van der Waals surface area contributed by atoms with E-state index in [-0.39, 0.29) is 10.6 Å². The highest BCUT2D eigenvalue weighted by Crippen LogP contribution is 2.23. The van der Waals surface area contributed by atoms with E-state index in [0.717, 1.165) is 10.9 Å². The molecule has 0 atom stereocenters. The molecule has 5 nitrogen and oxygen atoms in total. The second-order valence-electron chi connectivity index (χ2n) is 5.02. The predicted octanol–water partition coefficient (Wildman–Crippen LogP) is 3.05. The van der Waals surface area contributed by atoms with Crippen LogP contribution < -0.4 is 4.72 Å². The van der Waals surface area contributed by atoms with E-state index in [2.05, 4.69) is 9.71 Å². The van der Waals surface area contributed by atoms with Gasteiger partial charge in [0.1, 0.15) is 5.75 Å². The van der Waals surface area contributed by atoms with Gasteiger partial charge in [0.2, 0.25) is 0 Å². The molecular weight excluding hydrogens is 300 g/mol. The lowest BCUT2D eigenvalue weighted by Gasteiger charge is -2.09. The van der Waals surface area contributed by atoms with Gasteiger partial charge in [0, 0.05) is 5.39 Å². The SMILES string of the molecule is Cc1ccc(S(=O)(=O)Nc2ccc3cc(O)cnc3c2)cc1. The van der Waals surface area contributed by atoms with E-state index in [0.29, 0.717) is 11.2 Å². The third kappa shape index (κ3) is 2.87. The van der Waals surface area contributed by atoms with Crippen LogP contribution in [0.5, 0.6) is 5.75 Å². The van der Waals surface area contributed by atoms with Crippen LogP contribution in [0, 0.1) is 6.92 Å². The van der Waals surface area contributed by atoms with Crippen molar-refractivity contribution in [2.24, 2.45) is 0 Å². The summed E-state index contributed by atoms with van der Waals surface area (Å²) in [5.41, 5.74) is 2.02. The number of anilines is 1. The van der Waals surface area contributed by atoms with Gasteiger partial charge in [-0.15, -0.1) is 0 Å². The zero-order valence-corrected chi connectivity index (χ0v) is 12.6. The summed E-state index contributed by atoms with van der Waals surface area (Å²) >= 11 is 0. The van der Waals surface area contributed by atoms with Gasteiger partial charge in [0.05, 0.1) is 22.3 Å². The minimum Gasteiger partial charge on any atom is -0.506 e. The molecule has 0 saturated carbocycles. The molecule has 2 aromatic carbocycles. The fourth-order valence-corrected chi connectivity index (χ4v) is 3.15. The molecule has 3 rings (SSSR count). The highest BCUT2D eigenvalue weighted by molar-refractivity contribution is 7.92. The number of fused-ring (bicyclic) bond motifs is 1. The van der Waals surface area contributed by atoms with Gasteiger partial charge in [-0.25, -0.2) is 8.42 Å². The van der Waals surface area contributed by atoms with E-state index in [1.165, 1.54) is 6.20 Å². The van der Waals surface area contributed by atoms with Gasteiger partial charge >= 0.3 is 0 Å². The Bertz CT molecular complexity index is 935. The predicted molar refractivity (Wildman–Crippen MR) is 85.4 cm³/mol. The van der Waals surface area contributed by atoms with Crippen LogP contribution in [-0.4, -0.2) is 18.5 Å². The molecule has 0 fully saturated rings. The van der Waals surface area contributed by atoms with Crippen LogP contribution in [0.2, 0.25) is 0 Å². The van der Waals surface area contributed by atoms with Crippen molar-refractivity contribution >= 4 is 26.6 Å². The molecule has 0 unspecified atom stereocenters. The van der Waals surface area contributed by atoms with E-state index >= 15 is 0 Å². The van der Waals surface area contributed by atoms with Crippen LogP contribution >= 0.6 is 0 Å². The Hall–Kier alpha value is -2.60. The maximum Gasteiger partial charge on any atom is 0.261 e. The summed E-state index contributed by atoms with van der Waals surface area (Å²) in [6.07, 6.45) is 1.32. The first kappa shape index (κ1) is 14.3. The number of sulfonamides is 1. The summed E-state index contributed by atoms with van der Waals surface area (Å²) in [7, 11) is -3.63. The number of hydrogen-bond acceptors (Lipinski definition) is 4. The van der Waals surface area contributed by atoms with Crippen LogP contribution in [-0.2, 0) is 10.0 Å². The van der Waals surface area contributed by atoms with Crippen LogP contribution in [0.25, 0.3) is 10.9 Å². The number of benzene rings is 2. The molecule has 1 aromatic heterocycles. The van der Waals surface area contributed by atoms with Crippen molar-refractivity contribution in [3.8, 4) is 5.75 Å². The quantitative estimate of drug-likeness (QED) is 0.779. The molecule has 2 N–H and O–H groups in total. The zero-order valence-electron chi connectivity index (χ0n) is 11.8. The Morgan fingerprint density at radius 1 is 1.05 bits per heavy atom. The summed E-state index contributed by atoms with van der Waals surface area (Å²) < 4.78 is 27.2. The Labute approximate surface area is 128 Å². The molecule has 6 heteroatoms. The number of hydrogen-bond donors (Lipinski definition) is 2. The minimum absolute atomic E-state index is 0.0699. The summed E-state index contributed by atoms with van der Waals surface area (Å²) in [6.45, 7) is 1.90. The smallest absolute Gasteiger partial charge is 0.261 e. The molecule has 112 valence electrons. The van der Waals surface area contributed by atoms with Gasteiger partial charge in [-0.05, 0) is 37.3 Å². The Kier molecular flexibility index (Phi) is 3.46. The van der Waals surface area contributed by atoms with Gasteiger partial charge in [-0.1, -0.05) is 23.8 Å². The van der Waals surface area contributed by atoms with Gasteiger partial charge in [-0.3, -0.25) is 9.71 Å². The molecule has 0 amide bonds. The van der Waals surface area contributed by atoms with Crippen LogP contribution in [0.15, 0.2) is 59.6 Å². The van der Waals surface area contributed by atoms with Crippen molar-refractivity contribution in [1.82, 2.24) is 4.98 Å². The summed E-state index contributed by atoms with van der Waals surface area (Å²) in [5, 5.41) is 10.1. The first-order valence-corrected chi connectivity index (χ1v) is 8.11. The van der Waals surface area contributed by atoms with E-state index in [9.17, 15) is 13.5 Å². The molecule has 0 aliphatic carbocycles. The zero-order chi connectivity index (χ0) is 15.7. The third-order valence-electron chi connectivity index (χ3n) is 3.25. The molecule has 1 heterocycles. The molecule has 0 spiro atoms. The number of nitrogens with one attached hydrogen (secondary N) is 1. The van der Waals surface area contributed by atoms with Crippen LogP contribution in [0.4, 0.5) is 5.69 Å². The van der Waals surface area contributed by atoms with E-state index in [1.807, 2.05) is 6.92 Å². The van der Waals surface area contributed by atoms with E-state index in [1.54, 1.807) is 48.5 Å². The fourth-order valence-electron chi connectivity index (χ4n) is 2.10. The van der Waals surface area contributed by atoms with Gasteiger partial charge in [0.15, 0.2) is 0 Å². The maximum absolute atomic E-state index is 12.3. The third-order valence-corrected chi connectivity index (χ3v) is 4.65. The fraction of sp³-hybridized carbons (Fsp3) is 0.0625. The standard InChI is InChI=1S/C16H14N2O3S/c1-11-2-6-15(7-3-11)22(20,21)18-13-5-4-12-8-14(19)10-17-16(12)9-13/h2-10,18-19H,1H3. The van der Waals surface area contributed by atoms with Gasteiger partial charge in [-0.2, -0.15) is 0 Å². The lowest BCUT2D eigenvalue weighted by molar-refractivity contribution is 0.474. The largest absolute Gasteiger partial charge is 0.506 e. The van der Waals surface area contributed by atoms with Crippen molar-refractivity contribution < 1.29 is 13.5 Å². The molecule has 0 aliphatic heterocycles. The second-order valence-corrected chi connectivity index (χ2v) is 6.70. The minimum atomic E-state index is -3.63. The molecule has 0 radical (unpaired) electrons. The highest BCUT2D eigenvalue weighted by Gasteiger charge is 2.14. The molecule has 22 heavy (non-hydrogen) atoms. The van der Waals surface area contributed by atoms with Crippen LogP contribution in [0.1, 0.15) is 5.56 Å². The van der Waals surface area contributed by atoms with Crippen molar-refractivity contribution in [3.05, 3.63) is 60.3 Å². The number of aromatic hydroxyl groups is 1. The lowest BCUT2D eigenvalue weighted by Crippen LogP contribution is -2.12. The average molecular weight is 314 g/mol. The van der Waals surface area contributed by atoms with E-state index < -0.39 is 10.0 Å². The number of aryl methyl sites for hydroxylation is 1. The number of pyridine rings is 1. The van der Waals surface area contributed by atoms with Crippen molar-refractivity contribution in [1.29, 1.82) is 0 Å². The average Bonchev–Trinajstić information content (AvgIpc) is 2.47. The number of rotatable bonds is 3. The first-order chi connectivity index (χ1) is 10.4. The van der Waals surface area contributed by atoms with Crippen LogP contribution in [0.3, 0.4) is 0 Å². The second kappa shape index (κ2) is 5.31. The topological polar surface area (TPSA) is 79.3 Å².